The number of aromatic nitrogens is 1. The van der Waals surface area contributed by atoms with Crippen LogP contribution in [0.4, 0.5) is 4.79 Å². The maximum Gasteiger partial charge on any atom is 0.408 e. The Labute approximate surface area is 253 Å². The minimum atomic E-state index is -1.41. The van der Waals surface area contributed by atoms with E-state index >= 15 is 0 Å². The van der Waals surface area contributed by atoms with Crippen molar-refractivity contribution in [2.45, 2.75) is 90.4 Å². The molecule has 0 bridgehead atoms. The summed E-state index contributed by atoms with van der Waals surface area (Å²) in [6.07, 6.45) is 2.91. The van der Waals surface area contributed by atoms with Crippen LogP contribution in [-0.2, 0) is 36.7 Å². The first kappa shape index (κ1) is 33.2. The molecule has 10 nitrogen and oxygen atoms in total. The van der Waals surface area contributed by atoms with E-state index < -0.39 is 47.1 Å². The fourth-order valence-electron chi connectivity index (χ4n) is 4.60. The summed E-state index contributed by atoms with van der Waals surface area (Å²) in [5.74, 6) is -1.66. The zero-order valence-corrected chi connectivity index (χ0v) is 25.9. The molecule has 0 aliphatic heterocycles. The first-order chi connectivity index (χ1) is 20.3. The number of ether oxygens (including phenoxy) is 2. The van der Waals surface area contributed by atoms with Gasteiger partial charge in [-0.1, -0.05) is 48.5 Å². The molecule has 0 radical (unpaired) electrons. The summed E-state index contributed by atoms with van der Waals surface area (Å²) in [7, 11) is 0. The van der Waals surface area contributed by atoms with Gasteiger partial charge in [-0.25, -0.2) is 9.59 Å². The van der Waals surface area contributed by atoms with Gasteiger partial charge in [-0.3, -0.25) is 9.59 Å². The number of carbonyl (C=O) groups excluding carboxylic acids is 4. The van der Waals surface area contributed by atoms with Crippen molar-refractivity contribution in [3.05, 3.63) is 71.9 Å². The summed E-state index contributed by atoms with van der Waals surface area (Å²) in [5, 5.41) is 9.11. The van der Waals surface area contributed by atoms with E-state index in [1.807, 2.05) is 54.6 Å². The maximum absolute atomic E-state index is 13.8. The average molecular weight is 593 g/mol. The van der Waals surface area contributed by atoms with E-state index in [9.17, 15) is 19.2 Å². The van der Waals surface area contributed by atoms with Crippen molar-refractivity contribution in [1.29, 1.82) is 0 Å². The van der Waals surface area contributed by atoms with Crippen LogP contribution in [0.1, 0.15) is 65.5 Å². The Morgan fingerprint density at radius 3 is 2.23 bits per heavy atom. The van der Waals surface area contributed by atoms with Crippen molar-refractivity contribution in [3.8, 4) is 0 Å². The first-order valence-corrected chi connectivity index (χ1v) is 14.7. The molecule has 0 aliphatic carbocycles. The average Bonchev–Trinajstić information content (AvgIpc) is 3.34. The molecule has 2 aromatic carbocycles. The Bertz CT molecular complexity index is 1390. The molecule has 0 aliphatic rings. The molecule has 3 aromatic rings. The van der Waals surface area contributed by atoms with E-state index in [0.717, 1.165) is 28.5 Å². The van der Waals surface area contributed by atoms with Crippen LogP contribution in [0.25, 0.3) is 10.9 Å². The van der Waals surface area contributed by atoms with Crippen LogP contribution in [0.15, 0.2) is 60.8 Å². The fourth-order valence-corrected chi connectivity index (χ4v) is 4.60. The van der Waals surface area contributed by atoms with Crippen molar-refractivity contribution in [3.63, 3.8) is 0 Å². The molecule has 232 valence electrons. The minimum absolute atomic E-state index is 0.143. The normalized spacial score (nSPS) is 13.1. The first-order valence-electron chi connectivity index (χ1n) is 14.7. The fraction of sp³-hybridized carbons (Fsp3) is 0.455. The van der Waals surface area contributed by atoms with Crippen molar-refractivity contribution in [1.82, 2.24) is 20.9 Å². The van der Waals surface area contributed by atoms with Gasteiger partial charge in [0, 0.05) is 23.5 Å². The predicted octanol–water partition coefficient (Wildman–Crippen LogP) is 4.57. The minimum Gasteiger partial charge on any atom is -0.464 e. The number of hydrogen-bond donors (Lipinski definition) is 4. The van der Waals surface area contributed by atoms with Gasteiger partial charge in [0.05, 0.1) is 6.61 Å². The Balaban J connectivity index is 1.80. The third-order valence-corrected chi connectivity index (χ3v) is 6.79. The maximum atomic E-state index is 13.8. The SMILES string of the molecule is CCOC(=O)[C@@H](CCCc1ccccc1)NC(=O)C(Cc1c[nH]c2ccccc12)NC(=O)C(C)(C)NC(=O)OC(C)(C)C. The van der Waals surface area contributed by atoms with Gasteiger partial charge in [0.1, 0.15) is 23.2 Å². The standard InChI is InChI=1S/C33H44N4O6/c1-7-42-29(39)26(19-13-16-22-14-9-8-10-15-22)35-28(38)27(20-23-21-34-25-18-12-11-17-24(23)25)36-30(40)33(5,6)37-31(41)43-32(2,3)4/h8-12,14-15,17-18,21,26-27,34H,7,13,16,19-20H2,1-6H3,(H,35,38)(H,36,40)(H,37,41)/t26-,27?/m1/s1. The summed E-state index contributed by atoms with van der Waals surface area (Å²) in [4.78, 5) is 55.7. The Kier molecular flexibility index (Phi) is 11.3. The summed E-state index contributed by atoms with van der Waals surface area (Å²) in [6, 6.07) is 15.6. The molecule has 1 heterocycles. The molecular formula is C33H44N4O6. The molecule has 3 amide bonds. The summed E-state index contributed by atoms with van der Waals surface area (Å²) in [5.41, 5.74) is 0.667. The number of carbonyl (C=O) groups is 4. The number of benzene rings is 2. The smallest absolute Gasteiger partial charge is 0.408 e. The highest BCUT2D eigenvalue weighted by Gasteiger charge is 2.35. The molecular weight excluding hydrogens is 548 g/mol. The van der Waals surface area contributed by atoms with E-state index in [1.54, 1.807) is 33.9 Å². The van der Waals surface area contributed by atoms with Gasteiger partial charge in [-0.15, -0.1) is 0 Å². The highest BCUT2D eigenvalue weighted by molar-refractivity contribution is 5.95. The van der Waals surface area contributed by atoms with E-state index in [0.29, 0.717) is 12.8 Å². The topological polar surface area (TPSA) is 139 Å². The zero-order chi connectivity index (χ0) is 31.6. The van der Waals surface area contributed by atoms with Crippen LogP contribution >= 0.6 is 0 Å². The highest BCUT2D eigenvalue weighted by atomic mass is 16.6. The van der Waals surface area contributed by atoms with E-state index in [-0.39, 0.29) is 13.0 Å². The van der Waals surface area contributed by atoms with Crippen molar-refractivity contribution in [2.75, 3.05) is 6.61 Å². The third-order valence-electron chi connectivity index (χ3n) is 6.79. The van der Waals surface area contributed by atoms with Gasteiger partial charge in [0.15, 0.2) is 0 Å². The van der Waals surface area contributed by atoms with Crippen molar-refractivity contribution >= 4 is 34.8 Å². The van der Waals surface area contributed by atoms with Crippen LogP contribution < -0.4 is 16.0 Å². The molecule has 0 saturated carbocycles. The molecule has 3 rings (SSSR count). The van der Waals surface area contributed by atoms with Gasteiger partial charge >= 0.3 is 12.1 Å². The molecule has 1 aromatic heterocycles. The lowest BCUT2D eigenvalue weighted by atomic mass is 10.00. The monoisotopic (exact) mass is 592 g/mol. The molecule has 2 atom stereocenters. The van der Waals surface area contributed by atoms with E-state index in [1.165, 1.54) is 13.8 Å². The number of hydrogen-bond acceptors (Lipinski definition) is 6. The van der Waals surface area contributed by atoms with Gasteiger partial charge in [-0.05, 0) is 78.0 Å². The van der Waals surface area contributed by atoms with Crippen LogP contribution in [0, 0.1) is 0 Å². The number of para-hydroxylation sites is 1. The number of nitrogens with one attached hydrogen (secondary N) is 4. The summed E-state index contributed by atoms with van der Waals surface area (Å²) >= 11 is 0. The number of alkyl carbamates (subject to hydrolysis) is 1. The number of fused-ring (bicyclic) bond motifs is 1. The number of aryl methyl sites for hydroxylation is 1. The van der Waals surface area contributed by atoms with Crippen LogP contribution in [0.5, 0.6) is 0 Å². The second-order valence-electron chi connectivity index (χ2n) is 12.0. The van der Waals surface area contributed by atoms with Crippen molar-refractivity contribution < 1.29 is 28.7 Å². The van der Waals surface area contributed by atoms with Gasteiger partial charge < -0.3 is 30.4 Å². The largest absolute Gasteiger partial charge is 0.464 e. The van der Waals surface area contributed by atoms with Gasteiger partial charge in [0.25, 0.3) is 0 Å². The lowest BCUT2D eigenvalue weighted by molar-refractivity contribution is -0.148. The molecule has 4 N–H and O–H groups in total. The van der Waals surface area contributed by atoms with Crippen LogP contribution in [0.2, 0.25) is 0 Å². The molecule has 43 heavy (non-hydrogen) atoms. The second-order valence-corrected chi connectivity index (χ2v) is 12.0. The summed E-state index contributed by atoms with van der Waals surface area (Å²) < 4.78 is 10.6. The lowest BCUT2D eigenvalue weighted by Crippen LogP contribution is -2.60. The van der Waals surface area contributed by atoms with Gasteiger partial charge in [-0.2, -0.15) is 0 Å². The highest BCUT2D eigenvalue weighted by Crippen LogP contribution is 2.20. The van der Waals surface area contributed by atoms with Crippen LogP contribution in [-0.4, -0.2) is 58.7 Å². The number of rotatable bonds is 13. The third kappa shape index (κ3) is 10.2. The zero-order valence-electron chi connectivity index (χ0n) is 25.9. The molecule has 10 heteroatoms. The number of amides is 3. The van der Waals surface area contributed by atoms with Crippen molar-refractivity contribution in [2.24, 2.45) is 0 Å². The quantitative estimate of drug-likeness (QED) is 0.215. The molecule has 0 spiro atoms. The molecule has 0 saturated heterocycles. The Morgan fingerprint density at radius 1 is 0.884 bits per heavy atom. The van der Waals surface area contributed by atoms with Gasteiger partial charge in [0.2, 0.25) is 11.8 Å². The summed E-state index contributed by atoms with van der Waals surface area (Å²) in [6.45, 7) is 10.1. The van der Waals surface area contributed by atoms with E-state index in [2.05, 4.69) is 20.9 Å². The van der Waals surface area contributed by atoms with Crippen LogP contribution in [0.3, 0.4) is 0 Å². The second kappa shape index (κ2) is 14.7. The van der Waals surface area contributed by atoms with E-state index in [4.69, 9.17) is 9.47 Å². The molecule has 0 fully saturated rings. The number of H-pyrrole nitrogens is 1. The molecule has 1 unspecified atom stereocenters. The predicted molar refractivity (Wildman–Crippen MR) is 165 cm³/mol. The number of esters is 1. The lowest BCUT2D eigenvalue weighted by Gasteiger charge is -2.30. The Hall–Kier alpha value is -4.34. The Morgan fingerprint density at radius 2 is 1.56 bits per heavy atom. The number of aromatic amines is 1.